The molecule has 0 bridgehead atoms. The van der Waals surface area contributed by atoms with Crippen LogP contribution in [0.4, 0.5) is 0 Å². The molecular weight excluding hydrogens is 170 g/mol. The molecule has 0 spiro atoms. The Morgan fingerprint density at radius 1 is 1.57 bits per heavy atom. The maximum atomic E-state index is 3.84. The number of fused-ring (bicyclic) bond motifs is 2. The third kappa shape index (κ3) is 1.08. The Bertz CT molecular complexity index is 302. The van der Waals surface area contributed by atoms with E-state index >= 15 is 0 Å². The molecule has 1 saturated carbocycles. The van der Waals surface area contributed by atoms with Crippen LogP contribution in [0.5, 0.6) is 0 Å². The number of nitrogens with one attached hydrogen (secondary N) is 1. The Balaban J connectivity index is 1.83. The summed E-state index contributed by atoms with van der Waals surface area (Å²) in [4.78, 5) is 0. The van der Waals surface area contributed by atoms with Gasteiger partial charge < -0.3 is 5.32 Å². The number of allylic oxidation sites excluding steroid dienone is 3. The van der Waals surface area contributed by atoms with Crippen molar-refractivity contribution in [3.05, 3.63) is 23.9 Å². The molecule has 1 N–H and O–H groups in total. The van der Waals surface area contributed by atoms with E-state index in [0.29, 0.717) is 0 Å². The molecular formula is C13H19N. The quantitative estimate of drug-likeness (QED) is 0.659. The van der Waals surface area contributed by atoms with Crippen molar-refractivity contribution in [2.24, 2.45) is 17.8 Å². The SMILES string of the molecule is C=CCC1=C2NC3C(C)C3CC2CC1. The van der Waals surface area contributed by atoms with E-state index in [1.807, 2.05) is 0 Å². The van der Waals surface area contributed by atoms with Gasteiger partial charge in [-0.25, -0.2) is 0 Å². The van der Waals surface area contributed by atoms with Crippen LogP contribution in [0.2, 0.25) is 0 Å². The van der Waals surface area contributed by atoms with Crippen LogP contribution in [0.15, 0.2) is 23.9 Å². The number of piperidine rings is 1. The van der Waals surface area contributed by atoms with Gasteiger partial charge in [0.1, 0.15) is 0 Å². The van der Waals surface area contributed by atoms with Gasteiger partial charge in [-0.3, -0.25) is 0 Å². The van der Waals surface area contributed by atoms with Crippen LogP contribution in [-0.4, -0.2) is 6.04 Å². The van der Waals surface area contributed by atoms with Crippen LogP contribution >= 0.6 is 0 Å². The van der Waals surface area contributed by atoms with Crippen LogP contribution in [-0.2, 0) is 0 Å². The van der Waals surface area contributed by atoms with Crippen molar-refractivity contribution in [2.45, 2.75) is 38.6 Å². The van der Waals surface area contributed by atoms with Gasteiger partial charge >= 0.3 is 0 Å². The van der Waals surface area contributed by atoms with Crippen LogP contribution < -0.4 is 5.32 Å². The van der Waals surface area contributed by atoms with Crippen molar-refractivity contribution in [1.29, 1.82) is 0 Å². The highest BCUT2D eigenvalue weighted by Gasteiger charge is 2.52. The third-order valence-corrected chi connectivity index (χ3v) is 4.42. The summed E-state index contributed by atoms with van der Waals surface area (Å²) < 4.78 is 0. The first-order valence-electron chi connectivity index (χ1n) is 5.90. The standard InChI is InChI=1S/C13H19N/c1-3-4-9-5-6-10-7-11-8(2)12(11)14-13(9)10/h3,8,10-12,14H,1,4-7H2,2H3. The van der Waals surface area contributed by atoms with Crippen molar-refractivity contribution in [2.75, 3.05) is 0 Å². The van der Waals surface area contributed by atoms with Gasteiger partial charge in [0.15, 0.2) is 0 Å². The Morgan fingerprint density at radius 2 is 2.43 bits per heavy atom. The van der Waals surface area contributed by atoms with Crippen LogP contribution in [0, 0.1) is 17.8 Å². The summed E-state index contributed by atoms with van der Waals surface area (Å²) in [5, 5.41) is 3.77. The first-order valence-corrected chi connectivity index (χ1v) is 5.90. The second-order valence-corrected chi connectivity index (χ2v) is 5.17. The van der Waals surface area contributed by atoms with E-state index in [-0.39, 0.29) is 0 Å². The number of hydrogen-bond acceptors (Lipinski definition) is 1. The molecule has 1 heteroatoms. The van der Waals surface area contributed by atoms with Gasteiger partial charge in [-0.15, -0.1) is 6.58 Å². The van der Waals surface area contributed by atoms with Gasteiger partial charge in [-0.05, 0) is 49.0 Å². The molecule has 1 aliphatic heterocycles. The monoisotopic (exact) mass is 189 g/mol. The van der Waals surface area contributed by atoms with E-state index in [1.54, 1.807) is 11.3 Å². The second kappa shape index (κ2) is 2.88. The third-order valence-electron chi connectivity index (χ3n) is 4.42. The van der Waals surface area contributed by atoms with Crippen molar-refractivity contribution >= 4 is 0 Å². The van der Waals surface area contributed by atoms with E-state index in [1.165, 1.54) is 19.3 Å². The Labute approximate surface area is 86.3 Å². The van der Waals surface area contributed by atoms with Gasteiger partial charge in [0.2, 0.25) is 0 Å². The fraction of sp³-hybridized carbons (Fsp3) is 0.692. The fourth-order valence-electron chi connectivity index (χ4n) is 3.41. The highest BCUT2D eigenvalue weighted by molar-refractivity contribution is 5.29. The van der Waals surface area contributed by atoms with E-state index in [2.05, 4.69) is 24.9 Å². The summed E-state index contributed by atoms with van der Waals surface area (Å²) in [6.45, 7) is 6.23. The van der Waals surface area contributed by atoms with Crippen molar-refractivity contribution in [1.82, 2.24) is 5.32 Å². The minimum Gasteiger partial charge on any atom is -0.385 e. The Kier molecular flexibility index (Phi) is 1.77. The molecule has 3 aliphatic rings. The van der Waals surface area contributed by atoms with Crippen LogP contribution in [0.3, 0.4) is 0 Å². The summed E-state index contributed by atoms with van der Waals surface area (Å²) in [5.74, 6) is 2.79. The van der Waals surface area contributed by atoms with Gasteiger partial charge in [-0.2, -0.15) is 0 Å². The molecule has 1 heterocycles. The van der Waals surface area contributed by atoms with Gasteiger partial charge in [0, 0.05) is 11.7 Å². The van der Waals surface area contributed by atoms with Crippen molar-refractivity contribution in [3.63, 3.8) is 0 Å². The lowest BCUT2D eigenvalue weighted by molar-refractivity contribution is 0.432. The zero-order valence-corrected chi connectivity index (χ0v) is 8.92. The van der Waals surface area contributed by atoms with E-state index in [4.69, 9.17) is 0 Å². The zero-order chi connectivity index (χ0) is 9.71. The molecule has 1 nitrogen and oxygen atoms in total. The molecule has 4 unspecified atom stereocenters. The van der Waals surface area contributed by atoms with Crippen LogP contribution in [0.25, 0.3) is 0 Å². The molecule has 4 atom stereocenters. The molecule has 3 rings (SSSR count). The Morgan fingerprint density at radius 3 is 3.21 bits per heavy atom. The van der Waals surface area contributed by atoms with E-state index in [0.717, 1.165) is 30.2 Å². The van der Waals surface area contributed by atoms with Crippen LogP contribution in [0.1, 0.15) is 32.6 Å². The first-order chi connectivity index (χ1) is 6.81. The maximum Gasteiger partial charge on any atom is 0.0319 e. The molecule has 0 aromatic carbocycles. The smallest absolute Gasteiger partial charge is 0.0319 e. The minimum atomic E-state index is 0.819. The normalized spacial score (nSPS) is 44.1. The highest BCUT2D eigenvalue weighted by atomic mass is 15.0. The lowest BCUT2D eigenvalue weighted by Crippen LogP contribution is -2.28. The predicted octanol–water partition coefficient (Wildman–Crippen LogP) is 2.85. The van der Waals surface area contributed by atoms with Gasteiger partial charge in [-0.1, -0.05) is 13.0 Å². The lowest BCUT2D eigenvalue weighted by atomic mass is 9.95. The topological polar surface area (TPSA) is 12.0 Å². The molecule has 2 fully saturated rings. The molecule has 0 amide bonds. The van der Waals surface area contributed by atoms with E-state index in [9.17, 15) is 0 Å². The second-order valence-electron chi connectivity index (χ2n) is 5.17. The summed E-state index contributed by atoms with van der Waals surface area (Å²) in [7, 11) is 0. The molecule has 2 aliphatic carbocycles. The average molecular weight is 189 g/mol. The highest BCUT2D eigenvalue weighted by Crippen LogP contribution is 2.52. The summed E-state index contributed by atoms with van der Waals surface area (Å²) >= 11 is 0. The zero-order valence-electron chi connectivity index (χ0n) is 8.92. The molecule has 0 aromatic heterocycles. The minimum absolute atomic E-state index is 0.819. The van der Waals surface area contributed by atoms with Gasteiger partial charge in [0.25, 0.3) is 0 Å². The number of rotatable bonds is 2. The van der Waals surface area contributed by atoms with Gasteiger partial charge in [0.05, 0.1) is 0 Å². The fourth-order valence-corrected chi connectivity index (χ4v) is 3.41. The van der Waals surface area contributed by atoms with Crippen molar-refractivity contribution in [3.8, 4) is 0 Å². The summed E-state index contributed by atoms with van der Waals surface area (Å²) in [6.07, 6.45) is 7.31. The largest absolute Gasteiger partial charge is 0.385 e. The van der Waals surface area contributed by atoms with Crippen molar-refractivity contribution < 1.29 is 0 Å². The van der Waals surface area contributed by atoms with E-state index < -0.39 is 0 Å². The summed E-state index contributed by atoms with van der Waals surface area (Å²) in [6, 6.07) is 0.819. The lowest BCUT2D eigenvalue weighted by Gasteiger charge is -2.22. The molecule has 14 heavy (non-hydrogen) atoms. The molecule has 0 radical (unpaired) electrons. The molecule has 0 aromatic rings. The first kappa shape index (κ1) is 8.58. The average Bonchev–Trinajstić information content (AvgIpc) is 2.66. The molecule has 76 valence electrons. The Hall–Kier alpha value is -0.720. The predicted molar refractivity (Wildman–Crippen MR) is 58.8 cm³/mol. The molecule has 1 saturated heterocycles. The number of hydrogen-bond donors (Lipinski definition) is 1. The summed E-state index contributed by atoms with van der Waals surface area (Å²) in [5.41, 5.74) is 3.25. The maximum absolute atomic E-state index is 3.84.